The molecule has 3 amide bonds. The molecule has 100 valence electrons. The van der Waals surface area contributed by atoms with E-state index in [1.165, 1.54) is 0 Å². The molecule has 2 rings (SSSR count). The maximum absolute atomic E-state index is 12.0. The second kappa shape index (κ2) is 5.95. The zero-order chi connectivity index (χ0) is 13.0. The highest BCUT2D eigenvalue weighted by atomic mass is 16.2. The fourth-order valence-electron chi connectivity index (χ4n) is 2.36. The number of amides is 3. The summed E-state index contributed by atoms with van der Waals surface area (Å²) in [7, 11) is 0. The van der Waals surface area contributed by atoms with Crippen molar-refractivity contribution in [1.29, 1.82) is 0 Å². The molecule has 0 aliphatic carbocycles. The molecule has 0 radical (unpaired) electrons. The lowest BCUT2D eigenvalue weighted by Crippen LogP contribution is -2.55. The quantitative estimate of drug-likeness (QED) is 0.576. The molecule has 0 aromatic rings. The van der Waals surface area contributed by atoms with E-state index in [4.69, 9.17) is 0 Å². The van der Waals surface area contributed by atoms with Crippen LogP contribution in [-0.2, 0) is 14.4 Å². The summed E-state index contributed by atoms with van der Waals surface area (Å²) in [6, 6.07) is -0.779. The Morgan fingerprint density at radius 2 is 2.00 bits per heavy atom. The van der Waals surface area contributed by atoms with Crippen LogP contribution >= 0.6 is 0 Å². The number of carbonyl (C=O) groups is 3. The SMILES string of the molecule is O=C1CCC(NC(=O)C2CCCCCN2)C(=O)N1. The number of piperidine rings is 1. The van der Waals surface area contributed by atoms with Gasteiger partial charge in [-0.25, -0.2) is 0 Å². The predicted molar refractivity (Wildman–Crippen MR) is 64.6 cm³/mol. The summed E-state index contributed by atoms with van der Waals surface area (Å²) in [5.74, 6) is -0.794. The molecule has 2 fully saturated rings. The Kier molecular flexibility index (Phi) is 4.30. The second-order valence-electron chi connectivity index (χ2n) is 4.87. The van der Waals surface area contributed by atoms with Gasteiger partial charge in [0.25, 0.3) is 0 Å². The van der Waals surface area contributed by atoms with Crippen molar-refractivity contribution < 1.29 is 14.4 Å². The molecule has 18 heavy (non-hydrogen) atoms. The van der Waals surface area contributed by atoms with Crippen LogP contribution in [0.15, 0.2) is 0 Å². The van der Waals surface area contributed by atoms with Gasteiger partial charge >= 0.3 is 0 Å². The number of hydrogen-bond acceptors (Lipinski definition) is 4. The molecule has 2 unspecified atom stereocenters. The van der Waals surface area contributed by atoms with E-state index in [0.29, 0.717) is 6.42 Å². The Hall–Kier alpha value is -1.43. The van der Waals surface area contributed by atoms with E-state index in [0.717, 1.165) is 32.2 Å². The van der Waals surface area contributed by atoms with Crippen LogP contribution in [0.1, 0.15) is 38.5 Å². The largest absolute Gasteiger partial charge is 0.343 e. The zero-order valence-corrected chi connectivity index (χ0v) is 10.3. The second-order valence-corrected chi connectivity index (χ2v) is 4.87. The van der Waals surface area contributed by atoms with Crippen molar-refractivity contribution in [3.05, 3.63) is 0 Å². The van der Waals surface area contributed by atoms with Crippen LogP contribution in [-0.4, -0.2) is 36.3 Å². The molecule has 6 heteroatoms. The summed E-state index contributed by atoms with van der Waals surface area (Å²) in [6.07, 6.45) is 4.73. The number of carbonyl (C=O) groups excluding carboxylic acids is 3. The van der Waals surface area contributed by atoms with Crippen molar-refractivity contribution in [1.82, 2.24) is 16.0 Å². The van der Waals surface area contributed by atoms with Gasteiger partial charge in [-0.15, -0.1) is 0 Å². The molecule has 2 atom stereocenters. The van der Waals surface area contributed by atoms with Gasteiger partial charge in [0, 0.05) is 6.42 Å². The first kappa shape index (κ1) is 13.0. The number of imide groups is 1. The van der Waals surface area contributed by atoms with Gasteiger partial charge in [0.2, 0.25) is 17.7 Å². The van der Waals surface area contributed by atoms with Crippen LogP contribution in [0.2, 0.25) is 0 Å². The highest BCUT2D eigenvalue weighted by Crippen LogP contribution is 2.10. The topological polar surface area (TPSA) is 87.3 Å². The van der Waals surface area contributed by atoms with E-state index in [9.17, 15) is 14.4 Å². The fraction of sp³-hybridized carbons (Fsp3) is 0.750. The summed E-state index contributed by atoms with van der Waals surface area (Å²) in [4.78, 5) is 34.5. The number of rotatable bonds is 2. The maximum Gasteiger partial charge on any atom is 0.249 e. The van der Waals surface area contributed by atoms with Gasteiger partial charge in [-0.3, -0.25) is 19.7 Å². The lowest BCUT2D eigenvalue weighted by atomic mass is 10.0. The van der Waals surface area contributed by atoms with Crippen LogP contribution in [0.25, 0.3) is 0 Å². The molecule has 0 spiro atoms. The van der Waals surface area contributed by atoms with Crippen LogP contribution in [0.5, 0.6) is 0 Å². The summed E-state index contributed by atoms with van der Waals surface area (Å²) in [5, 5.41) is 8.14. The van der Waals surface area contributed by atoms with Gasteiger partial charge in [-0.1, -0.05) is 12.8 Å². The lowest BCUT2D eigenvalue weighted by Gasteiger charge is -2.24. The number of nitrogens with one attached hydrogen (secondary N) is 3. The first-order valence-corrected chi connectivity index (χ1v) is 6.54. The van der Waals surface area contributed by atoms with E-state index in [1.807, 2.05) is 0 Å². The molecule has 2 aliphatic heterocycles. The molecule has 0 aromatic heterocycles. The van der Waals surface area contributed by atoms with Gasteiger partial charge < -0.3 is 10.6 Å². The summed E-state index contributed by atoms with van der Waals surface area (Å²) in [5.41, 5.74) is 0. The van der Waals surface area contributed by atoms with Crippen molar-refractivity contribution in [2.45, 2.75) is 50.6 Å². The Labute approximate surface area is 106 Å². The van der Waals surface area contributed by atoms with Gasteiger partial charge in [0.1, 0.15) is 6.04 Å². The third kappa shape index (κ3) is 3.29. The average molecular weight is 253 g/mol. The van der Waals surface area contributed by atoms with Gasteiger partial charge in [-0.2, -0.15) is 0 Å². The standard InChI is InChI=1S/C12H19N3O3/c16-10-6-5-9(12(18)15-10)14-11(17)8-4-2-1-3-7-13-8/h8-9,13H,1-7H2,(H,14,17)(H,15,16,18). The van der Waals surface area contributed by atoms with Crippen molar-refractivity contribution in [3.63, 3.8) is 0 Å². The molecule has 2 saturated heterocycles. The maximum atomic E-state index is 12.0. The van der Waals surface area contributed by atoms with Crippen LogP contribution < -0.4 is 16.0 Å². The molecule has 0 aromatic carbocycles. The molecule has 6 nitrogen and oxygen atoms in total. The minimum Gasteiger partial charge on any atom is -0.343 e. The monoisotopic (exact) mass is 253 g/mol. The average Bonchev–Trinajstić information content (AvgIpc) is 2.61. The van der Waals surface area contributed by atoms with E-state index in [1.54, 1.807) is 0 Å². The highest BCUT2D eigenvalue weighted by molar-refractivity contribution is 6.02. The fourth-order valence-corrected chi connectivity index (χ4v) is 2.36. The Balaban J connectivity index is 1.86. The molecule has 3 N–H and O–H groups in total. The summed E-state index contributed by atoms with van der Waals surface area (Å²) < 4.78 is 0. The first-order chi connectivity index (χ1) is 8.66. The molecular formula is C12H19N3O3. The minimum absolute atomic E-state index is 0.133. The van der Waals surface area contributed by atoms with Gasteiger partial charge in [0.15, 0.2) is 0 Å². The third-order valence-electron chi connectivity index (χ3n) is 3.43. The molecule has 0 bridgehead atoms. The lowest BCUT2D eigenvalue weighted by molar-refractivity contribution is -0.137. The van der Waals surface area contributed by atoms with Gasteiger partial charge in [-0.05, 0) is 25.8 Å². The van der Waals surface area contributed by atoms with Crippen LogP contribution in [0.4, 0.5) is 0 Å². The normalized spacial score (nSPS) is 29.3. The minimum atomic E-state index is -0.569. The van der Waals surface area contributed by atoms with Gasteiger partial charge in [0.05, 0.1) is 6.04 Å². The van der Waals surface area contributed by atoms with Crippen molar-refractivity contribution in [3.8, 4) is 0 Å². The van der Waals surface area contributed by atoms with Crippen LogP contribution in [0.3, 0.4) is 0 Å². The van der Waals surface area contributed by atoms with E-state index in [2.05, 4.69) is 16.0 Å². The van der Waals surface area contributed by atoms with Crippen LogP contribution in [0, 0.1) is 0 Å². The van der Waals surface area contributed by atoms with Crippen molar-refractivity contribution in [2.75, 3.05) is 6.54 Å². The van der Waals surface area contributed by atoms with Crippen molar-refractivity contribution in [2.24, 2.45) is 0 Å². The third-order valence-corrected chi connectivity index (χ3v) is 3.43. The Bertz CT molecular complexity index is 348. The molecule has 2 aliphatic rings. The zero-order valence-electron chi connectivity index (χ0n) is 10.3. The van der Waals surface area contributed by atoms with E-state index >= 15 is 0 Å². The Morgan fingerprint density at radius 3 is 2.78 bits per heavy atom. The smallest absolute Gasteiger partial charge is 0.249 e. The molecule has 2 heterocycles. The number of hydrogen-bond donors (Lipinski definition) is 3. The first-order valence-electron chi connectivity index (χ1n) is 6.54. The van der Waals surface area contributed by atoms with Crippen molar-refractivity contribution >= 4 is 17.7 Å². The summed E-state index contributed by atoms with van der Waals surface area (Å²) in [6.45, 7) is 0.841. The molecule has 0 saturated carbocycles. The highest BCUT2D eigenvalue weighted by Gasteiger charge is 2.30. The van der Waals surface area contributed by atoms with E-state index in [-0.39, 0.29) is 24.3 Å². The summed E-state index contributed by atoms with van der Waals surface area (Å²) >= 11 is 0. The van der Waals surface area contributed by atoms with E-state index < -0.39 is 11.9 Å². The predicted octanol–water partition coefficient (Wildman–Crippen LogP) is -0.560. The Morgan fingerprint density at radius 1 is 1.17 bits per heavy atom. The molecular weight excluding hydrogens is 234 g/mol.